The Morgan fingerprint density at radius 1 is 1.41 bits per heavy atom. The molecule has 1 unspecified atom stereocenters. The van der Waals surface area contributed by atoms with Crippen molar-refractivity contribution in [2.24, 2.45) is 0 Å². The van der Waals surface area contributed by atoms with Gasteiger partial charge in [-0.15, -0.1) is 0 Å². The van der Waals surface area contributed by atoms with Gasteiger partial charge in [-0.05, 0) is 12.1 Å². The van der Waals surface area contributed by atoms with E-state index in [2.05, 4.69) is 26.2 Å². The Balaban J connectivity index is 2.17. The largest absolute Gasteiger partial charge is 0.447 e. The van der Waals surface area contributed by atoms with Crippen LogP contribution in [0.25, 0.3) is 10.9 Å². The Morgan fingerprint density at radius 3 is 3.06 bits per heavy atom. The third kappa shape index (κ3) is 1.76. The van der Waals surface area contributed by atoms with Gasteiger partial charge >= 0.3 is 6.09 Å². The maximum atomic E-state index is 11.1. The zero-order valence-electron chi connectivity index (χ0n) is 8.81. The molecule has 1 aromatic carbocycles. The molecule has 1 amide bonds. The van der Waals surface area contributed by atoms with Crippen molar-refractivity contribution in [2.45, 2.75) is 6.04 Å². The molecule has 86 valence electrons. The van der Waals surface area contributed by atoms with Gasteiger partial charge in [-0.1, -0.05) is 28.1 Å². The van der Waals surface area contributed by atoms with Crippen LogP contribution in [0.2, 0.25) is 0 Å². The molecule has 1 fully saturated rings. The number of benzene rings is 1. The fourth-order valence-electron chi connectivity index (χ4n) is 1.99. The van der Waals surface area contributed by atoms with Crippen LogP contribution in [0.15, 0.2) is 34.9 Å². The molecular weight excluding hydrogens is 284 g/mol. The number of hydrogen-bond acceptors (Lipinski definition) is 3. The lowest BCUT2D eigenvalue weighted by atomic mass is 10.0. The molecule has 0 saturated carbocycles. The summed E-state index contributed by atoms with van der Waals surface area (Å²) in [5, 5.41) is 3.80. The molecule has 17 heavy (non-hydrogen) atoms. The van der Waals surface area contributed by atoms with Crippen molar-refractivity contribution in [3.63, 3.8) is 0 Å². The maximum absolute atomic E-state index is 11.1. The third-order valence-electron chi connectivity index (χ3n) is 2.80. The number of halogens is 1. The van der Waals surface area contributed by atoms with Crippen molar-refractivity contribution in [3.05, 3.63) is 40.5 Å². The summed E-state index contributed by atoms with van der Waals surface area (Å²) in [6.45, 7) is 0.353. The first kappa shape index (κ1) is 10.5. The zero-order chi connectivity index (χ0) is 11.8. The predicted octanol–water partition coefficient (Wildman–Crippen LogP) is 2.78. The van der Waals surface area contributed by atoms with E-state index in [1.165, 1.54) is 0 Å². The van der Waals surface area contributed by atoms with Crippen LogP contribution in [0.1, 0.15) is 11.6 Å². The second-order valence-electron chi connectivity index (χ2n) is 3.83. The topological polar surface area (TPSA) is 51.2 Å². The van der Waals surface area contributed by atoms with Crippen LogP contribution >= 0.6 is 15.9 Å². The summed E-state index contributed by atoms with van der Waals surface area (Å²) in [6.07, 6.45) is 1.37. The Morgan fingerprint density at radius 2 is 2.29 bits per heavy atom. The number of pyridine rings is 1. The van der Waals surface area contributed by atoms with Gasteiger partial charge in [0.1, 0.15) is 6.61 Å². The highest BCUT2D eigenvalue weighted by Crippen LogP contribution is 2.30. The van der Waals surface area contributed by atoms with E-state index >= 15 is 0 Å². The summed E-state index contributed by atoms with van der Waals surface area (Å²) in [7, 11) is 0. The van der Waals surface area contributed by atoms with Gasteiger partial charge < -0.3 is 10.1 Å². The van der Waals surface area contributed by atoms with E-state index < -0.39 is 0 Å². The van der Waals surface area contributed by atoms with Crippen LogP contribution in [0, 0.1) is 0 Å². The lowest BCUT2D eigenvalue weighted by Crippen LogP contribution is -2.18. The van der Waals surface area contributed by atoms with Crippen molar-refractivity contribution in [3.8, 4) is 0 Å². The fourth-order valence-corrected chi connectivity index (χ4v) is 2.45. The van der Waals surface area contributed by atoms with E-state index in [4.69, 9.17) is 4.74 Å². The number of alkyl carbamates (subject to hydrolysis) is 1. The molecule has 1 aliphatic heterocycles. The summed E-state index contributed by atoms with van der Waals surface area (Å²) >= 11 is 3.49. The van der Waals surface area contributed by atoms with Crippen molar-refractivity contribution in [2.75, 3.05) is 6.61 Å². The Labute approximate surface area is 106 Å². The smallest absolute Gasteiger partial charge is 0.407 e. The Kier molecular flexibility index (Phi) is 2.48. The van der Waals surface area contributed by atoms with Crippen LogP contribution in [0.5, 0.6) is 0 Å². The molecule has 5 heteroatoms. The minimum atomic E-state index is -0.373. The summed E-state index contributed by atoms with van der Waals surface area (Å²) in [4.78, 5) is 15.4. The first-order chi connectivity index (χ1) is 8.25. The zero-order valence-corrected chi connectivity index (χ0v) is 10.4. The van der Waals surface area contributed by atoms with Gasteiger partial charge in [0.2, 0.25) is 0 Å². The number of nitrogens with one attached hydrogen (secondary N) is 1. The van der Waals surface area contributed by atoms with Gasteiger partial charge in [0.15, 0.2) is 0 Å². The number of aromatic nitrogens is 1. The monoisotopic (exact) mass is 292 g/mol. The molecule has 4 nitrogen and oxygen atoms in total. The lowest BCUT2D eigenvalue weighted by molar-refractivity contribution is 0.177. The van der Waals surface area contributed by atoms with E-state index in [0.29, 0.717) is 6.61 Å². The second-order valence-corrected chi connectivity index (χ2v) is 4.69. The van der Waals surface area contributed by atoms with Crippen LogP contribution in [-0.4, -0.2) is 17.7 Å². The van der Waals surface area contributed by atoms with E-state index in [0.717, 1.165) is 20.9 Å². The molecule has 1 N–H and O–H groups in total. The van der Waals surface area contributed by atoms with Crippen molar-refractivity contribution in [1.82, 2.24) is 10.3 Å². The van der Waals surface area contributed by atoms with Crippen LogP contribution in [0.4, 0.5) is 4.79 Å². The van der Waals surface area contributed by atoms with E-state index in [1.54, 1.807) is 6.20 Å². The Bertz CT molecular complexity index is 600. The molecule has 2 aromatic rings. The molecule has 1 aromatic heterocycles. The third-order valence-corrected chi connectivity index (χ3v) is 3.49. The standard InChI is InChI=1S/C12H9BrN2O2/c13-9-4-3-8(10-6-17-12(16)15-10)11-7(9)2-1-5-14-11/h1-5,10H,6H2,(H,15,16). The second kappa shape index (κ2) is 4.00. The molecule has 0 bridgehead atoms. The van der Waals surface area contributed by atoms with Crippen LogP contribution in [0.3, 0.4) is 0 Å². The summed E-state index contributed by atoms with van der Waals surface area (Å²) in [5.74, 6) is 0. The van der Waals surface area contributed by atoms with Gasteiger partial charge in [-0.2, -0.15) is 0 Å². The predicted molar refractivity (Wildman–Crippen MR) is 66.7 cm³/mol. The van der Waals surface area contributed by atoms with Gasteiger partial charge in [0.05, 0.1) is 11.6 Å². The lowest BCUT2D eigenvalue weighted by Gasteiger charge is -2.11. The molecule has 3 rings (SSSR count). The number of carbonyl (C=O) groups excluding carboxylic acids is 1. The molecule has 1 aliphatic rings. The summed E-state index contributed by atoms with van der Waals surface area (Å²) < 4.78 is 5.90. The van der Waals surface area contributed by atoms with Gasteiger partial charge in [-0.25, -0.2) is 4.79 Å². The molecule has 0 spiro atoms. The fraction of sp³-hybridized carbons (Fsp3) is 0.167. The number of carbonyl (C=O) groups is 1. The molecule has 1 atom stereocenters. The number of nitrogens with zero attached hydrogens (tertiary/aromatic N) is 1. The highest BCUT2D eigenvalue weighted by molar-refractivity contribution is 9.10. The SMILES string of the molecule is O=C1NC(c2ccc(Br)c3cccnc23)CO1. The highest BCUT2D eigenvalue weighted by Gasteiger charge is 2.25. The average molecular weight is 293 g/mol. The van der Waals surface area contributed by atoms with E-state index in [1.807, 2.05) is 24.3 Å². The minimum absolute atomic E-state index is 0.118. The molecule has 0 aliphatic carbocycles. The van der Waals surface area contributed by atoms with E-state index in [9.17, 15) is 4.79 Å². The minimum Gasteiger partial charge on any atom is -0.447 e. The first-order valence-corrected chi connectivity index (χ1v) is 6.01. The molecule has 1 saturated heterocycles. The number of rotatable bonds is 1. The number of hydrogen-bond donors (Lipinski definition) is 1. The van der Waals surface area contributed by atoms with Gasteiger partial charge in [0, 0.05) is 21.6 Å². The van der Waals surface area contributed by atoms with Crippen molar-refractivity contribution >= 4 is 32.9 Å². The van der Waals surface area contributed by atoms with Crippen molar-refractivity contribution in [1.29, 1.82) is 0 Å². The number of fused-ring (bicyclic) bond motifs is 1. The number of cyclic esters (lactones) is 1. The Hall–Kier alpha value is -1.62. The normalized spacial score (nSPS) is 19.1. The quantitative estimate of drug-likeness (QED) is 0.879. The van der Waals surface area contributed by atoms with Gasteiger partial charge in [-0.3, -0.25) is 4.98 Å². The number of ether oxygens (including phenoxy) is 1. The molecular formula is C12H9BrN2O2. The van der Waals surface area contributed by atoms with Crippen LogP contribution < -0.4 is 5.32 Å². The summed E-state index contributed by atoms with van der Waals surface area (Å²) in [6, 6.07) is 7.69. The van der Waals surface area contributed by atoms with Crippen LogP contribution in [-0.2, 0) is 4.74 Å². The average Bonchev–Trinajstić information content (AvgIpc) is 2.77. The first-order valence-electron chi connectivity index (χ1n) is 5.22. The molecule has 2 heterocycles. The summed E-state index contributed by atoms with van der Waals surface area (Å²) in [5.41, 5.74) is 1.87. The number of amides is 1. The van der Waals surface area contributed by atoms with Crippen molar-refractivity contribution < 1.29 is 9.53 Å². The molecule has 0 radical (unpaired) electrons. The van der Waals surface area contributed by atoms with Gasteiger partial charge in [0.25, 0.3) is 0 Å². The van der Waals surface area contributed by atoms with E-state index in [-0.39, 0.29) is 12.1 Å². The highest BCUT2D eigenvalue weighted by atomic mass is 79.9. The maximum Gasteiger partial charge on any atom is 0.407 e.